The molecular weight excluding hydrogens is 646 g/mol. The molecule has 2 aromatic carbocycles. The van der Waals surface area contributed by atoms with Crippen LogP contribution >= 0.6 is 15.9 Å². The summed E-state index contributed by atoms with van der Waals surface area (Å²) in [6.07, 6.45) is 5.24. The van der Waals surface area contributed by atoms with Crippen molar-refractivity contribution in [2.24, 2.45) is 11.8 Å². The van der Waals surface area contributed by atoms with E-state index in [9.17, 15) is 19.5 Å². The summed E-state index contributed by atoms with van der Waals surface area (Å²) in [5.74, 6) is -2.41. The molecule has 2 aromatic rings. The lowest BCUT2D eigenvalue weighted by Gasteiger charge is -2.41. The molecule has 8 nitrogen and oxygen atoms in total. The number of amides is 3. The van der Waals surface area contributed by atoms with Gasteiger partial charge in [0, 0.05) is 30.5 Å². The third-order valence-corrected chi connectivity index (χ3v) is 10.7. The van der Waals surface area contributed by atoms with Crippen LogP contribution in [0.4, 0.5) is 0 Å². The van der Waals surface area contributed by atoms with Gasteiger partial charge in [-0.05, 0) is 37.3 Å². The Kier molecular flexibility index (Phi) is 10.9. The maximum atomic E-state index is 14.9. The van der Waals surface area contributed by atoms with Crippen molar-refractivity contribution in [1.82, 2.24) is 14.7 Å². The summed E-state index contributed by atoms with van der Waals surface area (Å²) >= 11 is 3.80. The third kappa shape index (κ3) is 6.21. The largest absolute Gasteiger partial charge is 0.394 e. The Bertz CT molecular complexity index is 1410. The Hall–Kier alpha value is -3.27. The number of hydrogen-bond donors (Lipinski definition) is 1. The number of aliphatic hydroxyl groups is 1. The fourth-order valence-corrected chi connectivity index (χ4v) is 8.86. The molecule has 3 aliphatic rings. The summed E-state index contributed by atoms with van der Waals surface area (Å²) in [5.41, 5.74) is 0.677. The Morgan fingerprint density at radius 3 is 2.28 bits per heavy atom. The van der Waals surface area contributed by atoms with Crippen molar-refractivity contribution in [3.8, 4) is 0 Å². The summed E-state index contributed by atoms with van der Waals surface area (Å²) in [5, 5.41) is 10.8. The van der Waals surface area contributed by atoms with Crippen LogP contribution in [0.25, 0.3) is 0 Å². The van der Waals surface area contributed by atoms with E-state index in [1.807, 2.05) is 67.6 Å². The Morgan fingerprint density at radius 2 is 1.70 bits per heavy atom. The number of benzene rings is 2. The van der Waals surface area contributed by atoms with E-state index in [1.54, 1.807) is 26.9 Å². The van der Waals surface area contributed by atoms with E-state index >= 15 is 0 Å². The molecule has 3 fully saturated rings. The second kappa shape index (κ2) is 14.7. The number of aliphatic hydroxyl groups excluding tert-OH is 1. The molecule has 8 atom stereocenters. The Morgan fingerprint density at radius 1 is 1.07 bits per heavy atom. The van der Waals surface area contributed by atoms with Crippen molar-refractivity contribution in [2.75, 3.05) is 19.7 Å². The van der Waals surface area contributed by atoms with Crippen LogP contribution in [0.3, 0.4) is 0 Å². The van der Waals surface area contributed by atoms with E-state index in [4.69, 9.17) is 4.74 Å². The lowest BCUT2D eigenvalue weighted by molar-refractivity contribution is -0.153. The molecule has 46 heavy (non-hydrogen) atoms. The first kappa shape index (κ1) is 34.1. The molecule has 2 bridgehead atoms. The highest BCUT2D eigenvalue weighted by Crippen LogP contribution is 2.61. The highest BCUT2D eigenvalue weighted by molar-refractivity contribution is 9.09. The Balaban J connectivity index is 1.59. The van der Waals surface area contributed by atoms with Gasteiger partial charge in [0.05, 0.1) is 30.6 Å². The summed E-state index contributed by atoms with van der Waals surface area (Å²) in [4.78, 5) is 49.1. The number of alkyl halides is 1. The number of ether oxygens (including phenoxy) is 1. The van der Waals surface area contributed by atoms with Gasteiger partial charge in [-0.3, -0.25) is 14.4 Å². The van der Waals surface area contributed by atoms with Gasteiger partial charge in [-0.1, -0.05) is 102 Å². The molecule has 0 aromatic heterocycles. The fourth-order valence-electron chi connectivity index (χ4n) is 7.92. The van der Waals surface area contributed by atoms with Crippen LogP contribution in [0.1, 0.15) is 44.2 Å². The van der Waals surface area contributed by atoms with Gasteiger partial charge in [-0.25, -0.2) is 0 Å². The molecule has 1 N–H and O–H groups in total. The molecule has 246 valence electrons. The SMILES string of the molecule is C=CCN(Cc1ccccc1)C(=O)[C@H]1[C@H]2C(=O)N([C@@H](CO)Cc3ccccc3)C(C(=O)N(CC=C)C(C)CCC)C23CC(Br)[C@@H]1O3. The highest BCUT2D eigenvalue weighted by atomic mass is 79.9. The predicted molar refractivity (Wildman–Crippen MR) is 182 cm³/mol. The van der Waals surface area contributed by atoms with Gasteiger partial charge in [0.2, 0.25) is 17.7 Å². The average Bonchev–Trinajstić information content (AvgIpc) is 3.66. The first-order valence-corrected chi connectivity index (χ1v) is 17.3. The van der Waals surface area contributed by atoms with E-state index in [-0.39, 0.29) is 35.2 Å². The van der Waals surface area contributed by atoms with Gasteiger partial charge in [-0.2, -0.15) is 0 Å². The van der Waals surface area contributed by atoms with Crippen molar-refractivity contribution in [1.29, 1.82) is 0 Å². The predicted octanol–water partition coefficient (Wildman–Crippen LogP) is 4.76. The average molecular weight is 693 g/mol. The quantitative estimate of drug-likeness (QED) is 0.215. The van der Waals surface area contributed by atoms with Crippen molar-refractivity contribution in [2.45, 2.75) is 80.7 Å². The topological polar surface area (TPSA) is 90.4 Å². The molecule has 0 saturated carbocycles. The monoisotopic (exact) mass is 691 g/mol. The van der Waals surface area contributed by atoms with Crippen LogP contribution in [0.2, 0.25) is 0 Å². The molecule has 1 spiro atoms. The van der Waals surface area contributed by atoms with E-state index in [0.717, 1.165) is 24.0 Å². The summed E-state index contributed by atoms with van der Waals surface area (Å²) in [6.45, 7) is 12.5. The van der Waals surface area contributed by atoms with E-state index < -0.39 is 35.6 Å². The number of carbonyl (C=O) groups is 3. The standard InChI is InChI=1S/C37H46BrN3O5/c1-5-14-25(4)40(20-7-3)36(45)33-37-22-29(38)32(46-37)30(34(43)39(19-6-2)23-27-17-12-9-13-18-27)31(37)35(44)41(33)28(24-42)21-26-15-10-8-11-16-26/h6-13,15-18,25,28-33,42H,2-3,5,14,19-24H2,1,4H3/t25?,28-,29?,30+,31+,32+,33?,37?/m1/s1. The van der Waals surface area contributed by atoms with E-state index in [1.165, 1.54) is 0 Å². The lowest BCUT2D eigenvalue weighted by atomic mass is 9.70. The molecule has 4 unspecified atom stereocenters. The van der Waals surface area contributed by atoms with Crippen LogP contribution in [0, 0.1) is 11.8 Å². The first-order chi connectivity index (χ1) is 22.2. The molecule has 3 amide bonds. The van der Waals surface area contributed by atoms with E-state index in [2.05, 4.69) is 36.0 Å². The Labute approximate surface area is 281 Å². The first-order valence-electron chi connectivity index (χ1n) is 16.4. The fraction of sp³-hybridized carbons (Fsp3) is 0.486. The number of rotatable bonds is 15. The van der Waals surface area contributed by atoms with E-state index in [0.29, 0.717) is 32.5 Å². The number of likely N-dealkylation sites (tertiary alicyclic amines) is 1. The zero-order chi connectivity index (χ0) is 33.0. The minimum absolute atomic E-state index is 0.102. The summed E-state index contributed by atoms with van der Waals surface area (Å²) in [6, 6.07) is 17.6. The van der Waals surface area contributed by atoms with Gasteiger partial charge in [0.1, 0.15) is 11.6 Å². The molecule has 0 radical (unpaired) electrons. The number of carbonyl (C=O) groups excluding carboxylic acids is 3. The molecule has 3 heterocycles. The second-order valence-corrected chi connectivity index (χ2v) is 14.0. The summed E-state index contributed by atoms with van der Waals surface area (Å²) < 4.78 is 6.82. The maximum absolute atomic E-state index is 14.9. The van der Waals surface area contributed by atoms with Crippen molar-refractivity contribution in [3.05, 3.63) is 97.1 Å². The molecule has 9 heteroatoms. The minimum Gasteiger partial charge on any atom is -0.394 e. The number of halogens is 1. The van der Waals surface area contributed by atoms with Crippen molar-refractivity contribution >= 4 is 33.7 Å². The molecule has 3 saturated heterocycles. The normalized spacial score (nSPS) is 27.6. The van der Waals surface area contributed by atoms with Crippen LogP contribution < -0.4 is 0 Å². The van der Waals surface area contributed by atoms with Gasteiger partial charge >= 0.3 is 0 Å². The molecule has 5 rings (SSSR count). The smallest absolute Gasteiger partial charge is 0.248 e. The van der Waals surface area contributed by atoms with Crippen LogP contribution in [-0.2, 0) is 32.1 Å². The minimum atomic E-state index is -1.23. The van der Waals surface area contributed by atoms with Crippen molar-refractivity contribution < 1.29 is 24.2 Å². The molecular formula is C37H46BrN3O5. The van der Waals surface area contributed by atoms with Gasteiger partial charge < -0.3 is 24.5 Å². The summed E-state index contributed by atoms with van der Waals surface area (Å²) in [7, 11) is 0. The molecule has 3 aliphatic heterocycles. The van der Waals surface area contributed by atoms with Crippen LogP contribution in [-0.4, -0.2) is 91.9 Å². The maximum Gasteiger partial charge on any atom is 0.248 e. The van der Waals surface area contributed by atoms with Crippen LogP contribution in [0.15, 0.2) is 86.0 Å². The van der Waals surface area contributed by atoms with Gasteiger partial charge in [0.25, 0.3) is 0 Å². The lowest BCUT2D eigenvalue weighted by Crippen LogP contribution is -2.60. The molecule has 0 aliphatic carbocycles. The number of nitrogens with zero attached hydrogens (tertiary/aromatic N) is 3. The zero-order valence-corrected chi connectivity index (χ0v) is 28.4. The number of hydrogen-bond acceptors (Lipinski definition) is 5. The zero-order valence-electron chi connectivity index (χ0n) is 26.8. The van der Waals surface area contributed by atoms with Gasteiger partial charge in [0.15, 0.2) is 0 Å². The third-order valence-electron chi connectivity index (χ3n) is 9.89. The van der Waals surface area contributed by atoms with Crippen molar-refractivity contribution in [3.63, 3.8) is 0 Å². The second-order valence-electron chi connectivity index (χ2n) is 12.8. The highest BCUT2D eigenvalue weighted by Gasteiger charge is 2.77. The van der Waals surface area contributed by atoms with Crippen LogP contribution in [0.5, 0.6) is 0 Å². The number of fused-ring (bicyclic) bond motifs is 1. The van der Waals surface area contributed by atoms with Gasteiger partial charge in [-0.15, -0.1) is 13.2 Å².